The predicted molar refractivity (Wildman–Crippen MR) is 74.7 cm³/mol. The molecule has 0 saturated carbocycles. The average molecular weight is 261 g/mol. The highest BCUT2D eigenvalue weighted by atomic mass is 16.5. The number of hydrogen-bond donors (Lipinski definition) is 1. The SMILES string of the molecule is COc1ccc2c(C(C(=O)O)C(C)C)cn(C)c2c1. The first-order valence-electron chi connectivity index (χ1n) is 6.31. The molecule has 4 nitrogen and oxygen atoms in total. The molecule has 102 valence electrons. The van der Waals surface area contributed by atoms with Crippen molar-refractivity contribution in [1.29, 1.82) is 0 Å². The molecule has 4 heteroatoms. The van der Waals surface area contributed by atoms with Crippen LogP contribution in [0, 0.1) is 5.92 Å². The molecule has 1 atom stereocenters. The van der Waals surface area contributed by atoms with Crippen LogP contribution in [0.2, 0.25) is 0 Å². The lowest BCUT2D eigenvalue weighted by Gasteiger charge is -2.15. The third-order valence-electron chi connectivity index (χ3n) is 3.50. The highest BCUT2D eigenvalue weighted by Gasteiger charge is 2.26. The van der Waals surface area contributed by atoms with E-state index in [1.165, 1.54) is 0 Å². The number of nitrogens with zero attached hydrogens (tertiary/aromatic N) is 1. The average Bonchev–Trinajstić information content (AvgIpc) is 2.65. The maximum Gasteiger partial charge on any atom is 0.311 e. The van der Waals surface area contributed by atoms with Gasteiger partial charge in [-0.3, -0.25) is 4.79 Å². The molecule has 2 aromatic rings. The smallest absolute Gasteiger partial charge is 0.311 e. The van der Waals surface area contributed by atoms with Gasteiger partial charge in [-0.1, -0.05) is 13.8 Å². The summed E-state index contributed by atoms with van der Waals surface area (Å²) in [5, 5.41) is 10.4. The van der Waals surface area contributed by atoms with Crippen LogP contribution in [0.5, 0.6) is 5.75 Å². The topological polar surface area (TPSA) is 51.5 Å². The van der Waals surface area contributed by atoms with Crippen molar-refractivity contribution in [2.24, 2.45) is 13.0 Å². The number of methoxy groups -OCH3 is 1. The molecule has 1 N–H and O–H groups in total. The van der Waals surface area contributed by atoms with E-state index in [0.717, 1.165) is 22.2 Å². The molecule has 1 aromatic heterocycles. The van der Waals surface area contributed by atoms with E-state index in [0.29, 0.717) is 0 Å². The number of benzene rings is 1. The monoisotopic (exact) mass is 261 g/mol. The Morgan fingerprint density at radius 1 is 1.37 bits per heavy atom. The summed E-state index contributed by atoms with van der Waals surface area (Å²) < 4.78 is 7.16. The summed E-state index contributed by atoms with van der Waals surface area (Å²) in [6.07, 6.45) is 1.91. The summed E-state index contributed by atoms with van der Waals surface area (Å²) in [4.78, 5) is 11.5. The molecule has 1 heterocycles. The lowest BCUT2D eigenvalue weighted by molar-refractivity contribution is -0.139. The highest BCUT2D eigenvalue weighted by molar-refractivity contribution is 5.90. The summed E-state index contributed by atoms with van der Waals surface area (Å²) in [5.74, 6) is -0.447. The van der Waals surface area contributed by atoms with Gasteiger partial charge in [-0.15, -0.1) is 0 Å². The molecular weight excluding hydrogens is 242 g/mol. The Kier molecular flexibility index (Phi) is 3.51. The first-order chi connectivity index (χ1) is 8.95. The number of rotatable bonds is 4. The molecule has 0 radical (unpaired) electrons. The molecule has 0 aliphatic rings. The van der Waals surface area contributed by atoms with Gasteiger partial charge in [-0.05, 0) is 23.6 Å². The Morgan fingerprint density at radius 2 is 2.05 bits per heavy atom. The van der Waals surface area contributed by atoms with Crippen molar-refractivity contribution in [3.8, 4) is 5.75 Å². The molecule has 19 heavy (non-hydrogen) atoms. The van der Waals surface area contributed by atoms with Crippen molar-refractivity contribution in [2.75, 3.05) is 7.11 Å². The number of carboxylic acid groups (broad SMARTS) is 1. The second-order valence-corrected chi connectivity index (χ2v) is 5.14. The van der Waals surface area contributed by atoms with Gasteiger partial charge in [-0.2, -0.15) is 0 Å². The Bertz CT molecular complexity index is 613. The number of aromatic nitrogens is 1. The molecule has 0 aliphatic carbocycles. The maximum absolute atomic E-state index is 11.5. The van der Waals surface area contributed by atoms with E-state index in [1.807, 2.05) is 49.9 Å². The molecule has 0 amide bonds. The normalized spacial score (nSPS) is 12.9. The van der Waals surface area contributed by atoms with E-state index >= 15 is 0 Å². The van der Waals surface area contributed by atoms with Crippen molar-refractivity contribution in [2.45, 2.75) is 19.8 Å². The van der Waals surface area contributed by atoms with E-state index in [2.05, 4.69) is 0 Å². The second kappa shape index (κ2) is 4.96. The number of carbonyl (C=O) groups is 1. The highest BCUT2D eigenvalue weighted by Crippen LogP contribution is 2.33. The molecule has 2 rings (SSSR count). The van der Waals surface area contributed by atoms with Crippen LogP contribution in [0.1, 0.15) is 25.3 Å². The molecule has 0 bridgehead atoms. The van der Waals surface area contributed by atoms with E-state index in [1.54, 1.807) is 7.11 Å². The van der Waals surface area contributed by atoms with Gasteiger partial charge in [0.15, 0.2) is 0 Å². The lowest BCUT2D eigenvalue weighted by atomic mass is 9.88. The lowest BCUT2D eigenvalue weighted by Crippen LogP contribution is -2.17. The van der Waals surface area contributed by atoms with E-state index < -0.39 is 11.9 Å². The van der Waals surface area contributed by atoms with Crippen molar-refractivity contribution >= 4 is 16.9 Å². The Hall–Kier alpha value is -1.97. The minimum absolute atomic E-state index is 0.0465. The van der Waals surface area contributed by atoms with Crippen molar-refractivity contribution in [3.05, 3.63) is 30.0 Å². The number of aryl methyl sites for hydroxylation is 1. The fraction of sp³-hybridized carbons (Fsp3) is 0.400. The summed E-state index contributed by atoms with van der Waals surface area (Å²) in [7, 11) is 3.55. The fourth-order valence-electron chi connectivity index (χ4n) is 2.55. The Labute approximate surface area is 112 Å². The van der Waals surface area contributed by atoms with Crippen LogP contribution in [0.25, 0.3) is 10.9 Å². The summed E-state index contributed by atoms with van der Waals surface area (Å²) in [6.45, 7) is 3.86. The standard InChI is InChI=1S/C15H19NO3/c1-9(2)14(15(17)18)12-8-16(3)13-7-10(19-4)5-6-11(12)13/h5-9,14H,1-4H3,(H,17,18). The second-order valence-electron chi connectivity index (χ2n) is 5.14. The van der Waals surface area contributed by atoms with Gasteiger partial charge in [0.25, 0.3) is 0 Å². The molecule has 0 fully saturated rings. The van der Waals surface area contributed by atoms with Crippen molar-refractivity contribution in [3.63, 3.8) is 0 Å². The molecule has 1 aromatic carbocycles. The summed E-state index contributed by atoms with van der Waals surface area (Å²) in [6, 6.07) is 5.73. The molecule has 0 spiro atoms. The molecule has 0 saturated heterocycles. The zero-order chi connectivity index (χ0) is 14.2. The van der Waals surface area contributed by atoms with Gasteiger partial charge >= 0.3 is 5.97 Å². The summed E-state index contributed by atoms with van der Waals surface area (Å²) in [5.41, 5.74) is 1.85. The first-order valence-corrected chi connectivity index (χ1v) is 6.31. The van der Waals surface area contributed by atoms with E-state index in [9.17, 15) is 9.90 Å². The van der Waals surface area contributed by atoms with E-state index in [4.69, 9.17) is 4.74 Å². The number of fused-ring (bicyclic) bond motifs is 1. The van der Waals surface area contributed by atoms with Crippen LogP contribution in [-0.2, 0) is 11.8 Å². The van der Waals surface area contributed by atoms with Crippen LogP contribution in [0.3, 0.4) is 0 Å². The van der Waals surface area contributed by atoms with Crippen LogP contribution in [0.15, 0.2) is 24.4 Å². The van der Waals surface area contributed by atoms with Crippen LogP contribution < -0.4 is 4.74 Å². The Balaban J connectivity index is 2.64. The molecular formula is C15H19NO3. The third-order valence-corrected chi connectivity index (χ3v) is 3.50. The van der Waals surface area contributed by atoms with Gasteiger partial charge in [0, 0.05) is 24.7 Å². The number of hydrogen-bond acceptors (Lipinski definition) is 2. The van der Waals surface area contributed by atoms with Gasteiger partial charge in [0.1, 0.15) is 5.75 Å². The number of ether oxygens (including phenoxy) is 1. The van der Waals surface area contributed by atoms with Crippen molar-refractivity contribution in [1.82, 2.24) is 4.57 Å². The zero-order valence-electron chi connectivity index (χ0n) is 11.7. The fourth-order valence-corrected chi connectivity index (χ4v) is 2.55. The Morgan fingerprint density at radius 3 is 2.58 bits per heavy atom. The van der Waals surface area contributed by atoms with Gasteiger partial charge in [-0.25, -0.2) is 0 Å². The number of carboxylic acids is 1. The largest absolute Gasteiger partial charge is 0.497 e. The van der Waals surface area contributed by atoms with Crippen molar-refractivity contribution < 1.29 is 14.6 Å². The van der Waals surface area contributed by atoms with Gasteiger partial charge in [0.05, 0.1) is 18.5 Å². The number of aliphatic carboxylic acids is 1. The molecule has 1 unspecified atom stereocenters. The third kappa shape index (κ3) is 2.30. The molecule has 0 aliphatic heterocycles. The summed E-state index contributed by atoms with van der Waals surface area (Å²) >= 11 is 0. The minimum Gasteiger partial charge on any atom is -0.497 e. The van der Waals surface area contributed by atoms with Gasteiger partial charge in [0.2, 0.25) is 0 Å². The first kappa shape index (κ1) is 13.5. The van der Waals surface area contributed by atoms with Crippen LogP contribution in [-0.4, -0.2) is 22.8 Å². The van der Waals surface area contributed by atoms with Crippen LogP contribution in [0.4, 0.5) is 0 Å². The predicted octanol–water partition coefficient (Wildman–Crippen LogP) is 3.01. The maximum atomic E-state index is 11.5. The van der Waals surface area contributed by atoms with Crippen LogP contribution >= 0.6 is 0 Å². The minimum atomic E-state index is -0.779. The zero-order valence-corrected chi connectivity index (χ0v) is 11.7. The van der Waals surface area contributed by atoms with E-state index in [-0.39, 0.29) is 5.92 Å². The quantitative estimate of drug-likeness (QED) is 0.920. The van der Waals surface area contributed by atoms with Gasteiger partial charge < -0.3 is 14.4 Å².